The van der Waals surface area contributed by atoms with Crippen LogP contribution in [0.5, 0.6) is 0 Å². The summed E-state index contributed by atoms with van der Waals surface area (Å²) < 4.78 is 47.1. The molecule has 0 amide bonds. The molecule has 0 bridgehead atoms. The Hall–Kier alpha value is -3.51. The Balaban J connectivity index is 1.27. The summed E-state index contributed by atoms with van der Waals surface area (Å²) in [6.07, 6.45) is 5.83. The Morgan fingerprint density at radius 2 is 2.03 bits per heavy atom. The minimum absolute atomic E-state index is 0.104. The molecule has 0 spiro atoms. The number of fused-ring (bicyclic) bond motifs is 1. The van der Waals surface area contributed by atoms with E-state index in [-0.39, 0.29) is 6.04 Å². The summed E-state index contributed by atoms with van der Waals surface area (Å²) in [4.78, 5) is 18.1. The predicted octanol–water partition coefficient (Wildman–Crippen LogP) is 3.82. The summed E-state index contributed by atoms with van der Waals surface area (Å²) in [6, 6.07) is 4.19. The molecule has 6 rings (SSSR count). The van der Waals surface area contributed by atoms with Gasteiger partial charge in [-0.25, -0.2) is 15.0 Å². The molecule has 194 valence electrons. The van der Waals surface area contributed by atoms with Crippen LogP contribution in [0.25, 0.3) is 17.0 Å². The molecule has 0 unspecified atom stereocenters. The van der Waals surface area contributed by atoms with Crippen molar-refractivity contribution in [3.05, 3.63) is 60.3 Å². The molecule has 4 aromatic rings. The van der Waals surface area contributed by atoms with Gasteiger partial charge < -0.3 is 9.64 Å². The first-order chi connectivity index (χ1) is 18.0. The third-order valence-electron chi connectivity index (χ3n) is 7.16. The molecule has 1 N–H and O–H groups in total. The fourth-order valence-electron chi connectivity index (χ4n) is 5.24. The summed E-state index contributed by atoms with van der Waals surface area (Å²) in [7, 11) is 0. The van der Waals surface area contributed by atoms with Crippen LogP contribution in [0.4, 0.5) is 19.1 Å². The van der Waals surface area contributed by atoms with Gasteiger partial charge in [0.2, 0.25) is 5.95 Å². The van der Waals surface area contributed by atoms with Gasteiger partial charge in [0.1, 0.15) is 5.65 Å². The van der Waals surface area contributed by atoms with Crippen molar-refractivity contribution in [2.24, 2.45) is 5.92 Å². The molecule has 9 nitrogen and oxygen atoms in total. The number of piperazine rings is 1. The lowest BCUT2D eigenvalue weighted by Gasteiger charge is -2.43. The number of pyridine rings is 1. The standard InChI is InChI=1S/C25H27F3N8O/c26-25(27,28)19-3-4-23-30-12-21(36(23)14-19)20-5-6-29-24(33-20)35-8-7-34(13-17-2-1-9-37-16-17)22(15-35)18-10-31-32-11-18/h3-6,10-12,14,17,22H,1-2,7-9,13,15-16H2,(H,31,32)/t17-,22+/m1/s1. The predicted molar refractivity (Wildman–Crippen MR) is 130 cm³/mol. The summed E-state index contributed by atoms with van der Waals surface area (Å²) >= 11 is 0. The zero-order valence-electron chi connectivity index (χ0n) is 20.1. The maximum atomic E-state index is 13.3. The Morgan fingerprint density at radius 1 is 1.11 bits per heavy atom. The van der Waals surface area contributed by atoms with Crippen LogP contribution < -0.4 is 4.90 Å². The van der Waals surface area contributed by atoms with Crippen LogP contribution in [-0.2, 0) is 10.9 Å². The van der Waals surface area contributed by atoms with Crippen molar-refractivity contribution in [3.63, 3.8) is 0 Å². The van der Waals surface area contributed by atoms with E-state index >= 15 is 0 Å². The third kappa shape index (κ3) is 4.90. The van der Waals surface area contributed by atoms with Crippen molar-refractivity contribution in [3.8, 4) is 11.4 Å². The number of H-pyrrole nitrogens is 1. The maximum absolute atomic E-state index is 13.3. The van der Waals surface area contributed by atoms with Crippen LogP contribution in [0.15, 0.2) is 49.2 Å². The molecule has 0 aliphatic carbocycles. The monoisotopic (exact) mass is 512 g/mol. The summed E-state index contributed by atoms with van der Waals surface area (Å²) in [6.45, 7) is 4.81. The second kappa shape index (κ2) is 9.75. The van der Waals surface area contributed by atoms with Crippen molar-refractivity contribution in [2.75, 3.05) is 44.3 Å². The molecule has 4 aromatic heterocycles. The lowest BCUT2D eigenvalue weighted by Crippen LogP contribution is -2.50. The van der Waals surface area contributed by atoms with Crippen molar-refractivity contribution in [1.29, 1.82) is 0 Å². The quantitative estimate of drug-likeness (QED) is 0.435. The third-order valence-corrected chi connectivity index (χ3v) is 7.16. The van der Waals surface area contributed by atoms with Crippen molar-refractivity contribution in [2.45, 2.75) is 25.1 Å². The van der Waals surface area contributed by atoms with Crippen molar-refractivity contribution in [1.82, 2.24) is 34.4 Å². The summed E-state index contributed by atoms with van der Waals surface area (Å²) in [5, 5.41) is 7.09. The highest BCUT2D eigenvalue weighted by Gasteiger charge is 2.33. The van der Waals surface area contributed by atoms with Crippen LogP contribution in [-0.4, -0.2) is 73.8 Å². The second-order valence-electron chi connectivity index (χ2n) is 9.60. The molecule has 12 heteroatoms. The zero-order chi connectivity index (χ0) is 25.4. The zero-order valence-corrected chi connectivity index (χ0v) is 20.1. The van der Waals surface area contributed by atoms with Gasteiger partial charge in [-0.1, -0.05) is 0 Å². The number of hydrogen-bond donors (Lipinski definition) is 1. The second-order valence-corrected chi connectivity index (χ2v) is 9.60. The van der Waals surface area contributed by atoms with Gasteiger partial charge in [-0.2, -0.15) is 18.3 Å². The van der Waals surface area contributed by atoms with Crippen molar-refractivity contribution < 1.29 is 17.9 Å². The lowest BCUT2D eigenvalue weighted by atomic mass is 9.98. The normalized spacial score (nSPS) is 21.5. The average molecular weight is 513 g/mol. The fourth-order valence-corrected chi connectivity index (χ4v) is 5.24. The van der Waals surface area contributed by atoms with E-state index in [1.807, 2.05) is 12.4 Å². The number of alkyl halides is 3. The van der Waals surface area contributed by atoms with E-state index in [9.17, 15) is 13.2 Å². The Bertz CT molecular complexity index is 1350. The number of hydrogen-bond acceptors (Lipinski definition) is 7. The maximum Gasteiger partial charge on any atom is 0.417 e. The molecule has 0 aromatic carbocycles. The van der Waals surface area contributed by atoms with E-state index in [2.05, 4.69) is 30.0 Å². The van der Waals surface area contributed by atoms with Gasteiger partial charge in [0.15, 0.2) is 0 Å². The largest absolute Gasteiger partial charge is 0.417 e. The number of nitrogens with zero attached hydrogens (tertiary/aromatic N) is 7. The topological polar surface area (TPSA) is 87.5 Å². The molecular formula is C25H27F3N8O. The smallest absolute Gasteiger partial charge is 0.381 e. The van der Waals surface area contributed by atoms with Gasteiger partial charge in [0, 0.05) is 56.9 Å². The minimum Gasteiger partial charge on any atom is -0.381 e. The van der Waals surface area contributed by atoms with Crippen molar-refractivity contribution >= 4 is 11.6 Å². The van der Waals surface area contributed by atoms with Gasteiger partial charge in [0.25, 0.3) is 0 Å². The van der Waals surface area contributed by atoms with Crippen LogP contribution >= 0.6 is 0 Å². The summed E-state index contributed by atoms with van der Waals surface area (Å²) in [5.41, 5.74) is 1.77. The number of imidazole rings is 1. The lowest BCUT2D eigenvalue weighted by molar-refractivity contribution is -0.137. The van der Waals surface area contributed by atoms with E-state index in [0.717, 1.165) is 57.1 Å². The molecule has 2 atom stereocenters. The molecule has 2 fully saturated rings. The molecule has 0 saturated carbocycles. The van der Waals surface area contributed by atoms with Gasteiger partial charge >= 0.3 is 6.18 Å². The number of rotatable bonds is 5. The number of ether oxygens (including phenoxy) is 1. The molecular weight excluding hydrogens is 485 g/mol. The van der Waals surface area contributed by atoms with Crippen LogP contribution in [0.1, 0.15) is 30.0 Å². The van der Waals surface area contributed by atoms with E-state index in [1.165, 1.54) is 16.9 Å². The Kier molecular flexibility index (Phi) is 6.29. The highest BCUT2D eigenvalue weighted by atomic mass is 19.4. The number of nitrogens with one attached hydrogen (secondary N) is 1. The fraction of sp³-hybridized carbons (Fsp3) is 0.440. The summed E-state index contributed by atoms with van der Waals surface area (Å²) in [5.74, 6) is 1.04. The molecule has 2 saturated heterocycles. The van der Waals surface area contributed by atoms with Crippen LogP contribution in [0.3, 0.4) is 0 Å². The SMILES string of the molecule is FC(F)(F)c1ccc2ncc(-c3ccnc(N4CCN(C[C@H]5CCCOC5)[C@H](c5cn[nH]c5)C4)n3)n2c1. The van der Waals surface area contributed by atoms with Gasteiger partial charge in [-0.3, -0.25) is 14.4 Å². The van der Waals surface area contributed by atoms with E-state index in [4.69, 9.17) is 9.72 Å². The molecule has 6 heterocycles. The van der Waals surface area contributed by atoms with Gasteiger partial charge in [-0.15, -0.1) is 0 Å². The van der Waals surface area contributed by atoms with Crippen LogP contribution in [0.2, 0.25) is 0 Å². The Labute approximate surface area is 211 Å². The molecule has 37 heavy (non-hydrogen) atoms. The van der Waals surface area contributed by atoms with E-state index in [0.29, 0.717) is 35.4 Å². The minimum atomic E-state index is -4.45. The number of aromatic amines is 1. The first-order valence-electron chi connectivity index (χ1n) is 12.4. The first-order valence-corrected chi connectivity index (χ1v) is 12.4. The molecule has 2 aliphatic heterocycles. The van der Waals surface area contributed by atoms with E-state index < -0.39 is 11.7 Å². The first kappa shape index (κ1) is 23.9. The van der Waals surface area contributed by atoms with Crippen LogP contribution in [0, 0.1) is 5.92 Å². The molecule has 0 radical (unpaired) electrons. The van der Waals surface area contributed by atoms with Gasteiger partial charge in [-0.05, 0) is 37.0 Å². The highest BCUT2D eigenvalue weighted by molar-refractivity contribution is 5.61. The van der Waals surface area contributed by atoms with Gasteiger partial charge in [0.05, 0.1) is 42.0 Å². The number of anilines is 1. The van der Waals surface area contributed by atoms with E-state index in [1.54, 1.807) is 18.5 Å². The number of aromatic nitrogens is 6. The molecule has 2 aliphatic rings. The Morgan fingerprint density at radius 3 is 2.81 bits per heavy atom. The number of halogens is 3. The highest BCUT2D eigenvalue weighted by Crippen LogP contribution is 2.32. The average Bonchev–Trinajstić information content (AvgIpc) is 3.59.